The minimum atomic E-state index is -0.490. The molecular weight excluding hydrogens is 288 g/mol. The Balaban J connectivity index is 2.14. The van der Waals surface area contributed by atoms with Crippen molar-refractivity contribution in [2.75, 3.05) is 39.3 Å². The summed E-state index contributed by atoms with van der Waals surface area (Å²) in [4.78, 5) is 2.43. The van der Waals surface area contributed by atoms with Gasteiger partial charge in [0.2, 0.25) is 0 Å². The van der Waals surface area contributed by atoms with Crippen molar-refractivity contribution in [1.29, 1.82) is 0 Å². The first-order valence-corrected chi connectivity index (χ1v) is 8.88. The van der Waals surface area contributed by atoms with Gasteiger partial charge in [0.1, 0.15) is 5.75 Å². The third kappa shape index (κ3) is 4.93. The average Bonchev–Trinajstić information content (AvgIpc) is 2.53. The molecule has 1 aromatic carbocycles. The van der Waals surface area contributed by atoms with Crippen LogP contribution in [0, 0.1) is 19.8 Å². The van der Waals surface area contributed by atoms with Gasteiger partial charge in [-0.1, -0.05) is 25.5 Å². The number of nitrogens with one attached hydrogen (secondary N) is 1. The van der Waals surface area contributed by atoms with E-state index in [1.54, 1.807) is 0 Å². The molecular formula is C19H32N2O2. The van der Waals surface area contributed by atoms with Gasteiger partial charge in [0.15, 0.2) is 0 Å². The van der Waals surface area contributed by atoms with Crippen molar-refractivity contribution < 1.29 is 9.84 Å². The molecule has 2 unspecified atom stereocenters. The second-order valence-electron chi connectivity index (χ2n) is 6.82. The first-order valence-electron chi connectivity index (χ1n) is 8.88. The van der Waals surface area contributed by atoms with Gasteiger partial charge in [-0.05, 0) is 37.8 Å². The van der Waals surface area contributed by atoms with Crippen molar-refractivity contribution in [2.24, 2.45) is 5.92 Å². The predicted molar refractivity (Wildman–Crippen MR) is 95.1 cm³/mol. The third-order valence-corrected chi connectivity index (χ3v) is 4.51. The van der Waals surface area contributed by atoms with E-state index in [9.17, 15) is 5.11 Å². The molecule has 0 amide bonds. The molecule has 2 rings (SSSR count). The van der Waals surface area contributed by atoms with Crippen LogP contribution in [0.5, 0.6) is 5.75 Å². The quantitative estimate of drug-likeness (QED) is 0.811. The number of hydrogen-bond acceptors (Lipinski definition) is 4. The van der Waals surface area contributed by atoms with Gasteiger partial charge < -0.3 is 20.1 Å². The molecule has 0 saturated carbocycles. The standard InChI is InChI=1S/C19H32N2O2/c1-5-10-23-19-15(3)11-14(2)12-17(19)18(22)16(4)13-21-8-6-20-7-9-21/h11-12,16,18,20,22H,5-10,13H2,1-4H3. The number of nitrogens with zero attached hydrogens (tertiary/aromatic N) is 1. The molecule has 4 nitrogen and oxygen atoms in total. The molecule has 1 aliphatic heterocycles. The molecule has 1 aromatic rings. The molecule has 0 bridgehead atoms. The van der Waals surface area contributed by atoms with Gasteiger partial charge in [-0.15, -0.1) is 0 Å². The Kier molecular flexibility index (Phi) is 6.88. The first kappa shape index (κ1) is 18.2. The maximum Gasteiger partial charge on any atom is 0.128 e. The van der Waals surface area contributed by atoms with E-state index in [0.717, 1.165) is 56.0 Å². The lowest BCUT2D eigenvalue weighted by Crippen LogP contribution is -2.45. The second-order valence-corrected chi connectivity index (χ2v) is 6.82. The van der Waals surface area contributed by atoms with Gasteiger partial charge in [0.25, 0.3) is 0 Å². The average molecular weight is 320 g/mol. The van der Waals surface area contributed by atoms with Gasteiger partial charge in [-0.3, -0.25) is 0 Å². The largest absolute Gasteiger partial charge is 0.493 e. The topological polar surface area (TPSA) is 44.7 Å². The van der Waals surface area contributed by atoms with E-state index in [0.29, 0.717) is 6.61 Å². The zero-order valence-electron chi connectivity index (χ0n) is 15.1. The Hall–Kier alpha value is -1.10. The van der Waals surface area contributed by atoms with Gasteiger partial charge >= 0.3 is 0 Å². The zero-order chi connectivity index (χ0) is 16.8. The van der Waals surface area contributed by atoms with Crippen molar-refractivity contribution in [1.82, 2.24) is 10.2 Å². The summed E-state index contributed by atoms with van der Waals surface area (Å²) in [6, 6.07) is 4.21. The summed E-state index contributed by atoms with van der Waals surface area (Å²) in [5.74, 6) is 1.05. The Bertz CT molecular complexity index is 498. The molecule has 23 heavy (non-hydrogen) atoms. The van der Waals surface area contributed by atoms with Crippen LogP contribution < -0.4 is 10.1 Å². The maximum atomic E-state index is 10.9. The fourth-order valence-electron chi connectivity index (χ4n) is 3.32. The number of aliphatic hydroxyl groups is 1. The van der Waals surface area contributed by atoms with Crippen molar-refractivity contribution in [3.8, 4) is 5.75 Å². The number of rotatable bonds is 7. The summed E-state index contributed by atoms with van der Waals surface area (Å²) in [5, 5.41) is 14.3. The molecule has 130 valence electrons. The third-order valence-electron chi connectivity index (χ3n) is 4.51. The normalized spacial score (nSPS) is 18.7. The molecule has 0 radical (unpaired) electrons. The Morgan fingerprint density at radius 3 is 2.61 bits per heavy atom. The van der Waals surface area contributed by atoms with Crippen LogP contribution in [0.3, 0.4) is 0 Å². The van der Waals surface area contributed by atoms with Crippen LogP contribution >= 0.6 is 0 Å². The Labute approximate surface area is 140 Å². The highest BCUT2D eigenvalue weighted by atomic mass is 16.5. The molecule has 4 heteroatoms. The minimum Gasteiger partial charge on any atom is -0.493 e. The van der Waals surface area contributed by atoms with Gasteiger partial charge in [-0.2, -0.15) is 0 Å². The van der Waals surface area contributed by atoms with Crippen LogP contribution in [-0.4, -0.2) is 49.3 Å². The molecule has 0 aromatic heterocycles. The summed E-state index contributed by atoms with van der Waals surface area (Å²) < 4.78 is 5.95. The molecule has 2 atom stereocenters. The monoisotopic (exact) mass is 320 g/mol. The van der Waals surface area contributed by atoms with E-state index < -0.39 is 6.10 Å². The maximum absolute atomic E-state index is 10.9. The minimum absolute atomic E-state index is 0.179. The number of benzene rings is 1. The lowest BCUT2D eigenvalue weighted by atomic mass is 9.93. The molecule has 1 fully saturated rings. The number of aliphatic hydroxyl groups excluding tert-OH is 1. The Morgan fingerprint density at radius 2 is 1.96 bits per heavy atom. The molecule has 0 aliphatic carbocycles. The van der Waals surface area contributed by atoms with Crippen LogP contribution in [0.1, 0.15) is 43.1 Å². The van der Waals surface area contributed by atoms with Crippen molar-refractivity contribution >= 4 is 0 Å². The van der Waals surface area contributed by atoms with E-state index in [-0.39, 0.29) is 5.92 Å². The van der Waals surface area contributed by atoms with Crippen molar-refractivity contribution in [3.05, 3.63) is 28.8 Å². The van der Waals surface area contributed by atoms with E-state index in [2.05, 4.69) is 50.0 Å². The van der Waals surface area contributed by atoms with Gasteiger partial charge in [0, 0.05) is 38.3 Å². The number of hydrogen-bond donors (Lipinski definition) is 2. The molecule has 0 spiro atoms. The highest BCUT2D eigenvalue weighted by molar-refractivity contribution is 5.45. The first-order chi connectivity index (χ1) is 11.0. The molecule has 1 saturated heterocycles. The molecule has 1 aliphatic rings. The SMILES string of the molecule is CCCOc1c(C)cc(C)cc1C(O)C(C)CN1CCNCC1. The highest BCUT2D eigenvalue weighted by Gasteiger charge is 2.24. The Morgan fingerprint density at radius 1 is 1.26 bits per heavy atom. The highest BCUT2D eigenvalue weighted by Crippen LogP contribution is 2.34. The molecule has 2 N–H and O–H groups in total. The van der Waals surface area contributed by atoms with Gasteiger partial charge in [0.05, 0.1) is 12.7 Å². The van der Waals surface area contributed by atoms with Crippen molar-refractivity contribution in [3.63, 3.8) is 0 Å². The van der Waals surface area contributed by atoms with Crippen LogP contribution in [0.2, 0.25) is 0 Å². The smallest absolute Gasteiger partial charge is 0.128 e. The summed E-state index contributed by atoms with van der Waals surface area (Å²) in [7, 11) is 0. The predicted octanol–water partition coefficient (Wildman–Crippen LogP) is 2.67. The summed E-state index contributed by atoms with van der Waals surface area (Å²) in [6.45, 7) is 14.2. The van der Waals surface area contributed by atoms with Crippen LogP contribution in [0.25, 0.3) is 0 Å². The van der Waals surface area contributed by atoms with E-state index in [1.807, 2.05) is 0 Å². The van der Waals surface area contributed by atoms with Crippen LogP contribution in [0.4, 0.5) is 0 Å². The number of ether oxygens (including phenoxy) is 1. The second kappa shape index (κ2) is 8.67. The van der Waals surface area contributed by atoms with Crippen LogP contribution in [0.15, 0.2) is 12.1 Å². The zero-order valence-corrected chi connectivity index (χ0v) is 15.1. The number of piperazine rings is 1. The van der Waals surface area contributed by atoms with E-state index in [1.165, 1.54) is 5.56 Å². The fourth-order valence-corrected chi connectivity index (χ4v) is 3.32. The van der Waals surface area contributed by atoms with E-state index in [4.69, 9.17) is 4.74 Å². The molecule has 1 heterocycles. The summed E-state index contributed by atoms with van der Waals surface area (Å²) >= 11 is 0. The summed E-state index contributed by atoms with van der Waals surface area (Å²) in [5.41, 5.74) is 3.23. The fraction of sp³-hybridized carbons (Fsp3) is 0.684. The summed E-state index contributed by atoms with van der Waals surface area (Å²) in [6.07, 6.45) is 0.481. The van der Waals surface area contributed by atoms with Gasteiger partial charge in [-0.25, -0.2) is 0 Å². The lowest BCUT2D eigenvalue weighted by molar-refractivity contribution is 0.0813. The lowest BCUT2D eigenvalue weighted by Gasteiger charge is -2.32. The van der Waals surface area contributed by atoms with Crippen LogP contribution in [-0.2, 0) is 0 Å². The van der Waals surface area contributed by atoms with E-state index >= 15 is 0 Å². The number of aryl methyl sites for hydroxylation is 2. The van der Waals surface area contributed by atoms with Crippen molar-refractivity contribution in [2.45, 2.75) is 40.2 Å².